The van der Waals surface area contributed by atoms with Crippen molar-refractivity contribution in [2.24, 2.45) is 0 Å². The molecule has 0 aromatic heterocycles. The lowest BCUT2D eigenvalue weighted by atomic mass is 10.1. The van der Waals surface area contributed by atoms with Gasteiger partial charge in [-0.1, -0.05) is 19.1 Å². The van der Waals surface area contributed by atoms with Crippen molar-refractivity contribution in [1.82, 2.24) is 4.90 Å². The Morgan fingerprint density at radius 2 is 1.88 bits per heavy atom. The van der Waals surface area contributed by atoms with Gasteiger partial charge in [0.25, 0.3) is 0 Å². The molecule has 0 aliphatic heterocycles. The number of benzene rings is 1. The van der Waals surface area contributed by atoms with Crippen molar-refractivity contribution >= 4 is 5.69 Å². The summed E-state index contributed by atoms with van der Waals surface area (Å²) in [5.41, 5.74) is 2.40. The summed E-state index contributed by atoms with van der Waals surface area (Å²) in [6.07, 6.45) is 0.727. The van der Waals surface area contributed by atoms with E-state index < -0.39 is 0 Å². The number of hydrogen-bond acceptors (Lipinski definition) is 3. The second-order valence-electron chi connectivity index (χ2n) is 4.35. The second kappa shape index (κ2) is 6.51. The van der Waals surface area contributed by atoms with E-state index in [1.807, 2.05) is 19.0 Å². The molecule has 0 fully saturated rings. The van der Waals surface area contributed by atoms with E-state index in [9.17, 15) is 5.11 Å². The quantitative estimate of drug-likeness (QED) is 0.767. The lowest BCUT2D eigenvalue weighted by Crippen LogP contribution is -2.31. The lowest BCUT2D eigenvalue weighted by molar-refractivity contribution is 0.148. The molecule has 3 nitrogen and oxygen atoms in total. The van der Waals surface area contributed by atoms with Gasteiger partial charge in [0.1, 0.15) is 0 Å². The summed E-state index contributed by atoms with van der Waals surface area (Å²) >= 11 is 0. The van der Waals surface area contributed by atoms with Crippen molar-refractivity contribution < 1.29 is 5.11 Å². The number of aliphatic hydroxyl groups excluding tert-OH is 1. The molecular weight excluding hydrogens is 200 g/mol. The molecule has 1 rings (SSSR count). The molecule has 1 unspecified atom stereocenters. The topological polar surface area (TPSA) is 35.5 Å². The highest BCUT2D eigenvalue weighted by Gasteiger charge is 2.04. The summed E-state index contributed by atoms with van der Waals surface area (Å²) in [6.45, 7) is 3.41. The van der Waals surface area contributed by atoms with Gasteiger partial charge in [-0.2, -0.15) is 0 Å². The first-order valence-corrected chi connectivity index (χ1v) is 5.77. The normalized spacial score (nSPS) is 12.8. The van der Waals surface area contributed by atoms with Crippen LogP contribution in [0.1, 0.15) is 12.5 Å². The van der Waals surface area contributed by atoms with Crippen molar-refractivity contribution in [2.75, 3.05) is 32.5 Å². The first kappa shape index (κ1) is 13.0. The van der Waals surface area contributed by atoms with Crippen LogP contribution in [0.15, 0.2) is 24.3 Å². The summed E-state index contributed by atoms with van der Waals surface area (Å²) in [4.78, 5) is 1.98. The summed E-state index contributed by atoms with van der Waals surface area (Å²) in [7, 11) is 3.92. The summed E-state index contributed by atoms with van der Waals surface area (Å²) in [6, 6.07) is 8.34. The highest BCUT2D eigenvalue weighted by Crippen LogP contribution is 2.09. The van der Waals surface area contributed by atoms with Crippen molar-refractivity contribution in [3.05, 3.63) is 29.8 Å². The minimum atomic E-state index is -0.333. The maximum absolute atomic E-state index is 9.68. The van der Waals surface area contributed by atoms with Gasteiger partial charge in [-0.15, -0.1) is 0 Å². The van der Waals surface area contributed by atoms with E-state index in [0.717, 1.165) is 12.1 Å². The molecule has 1 aromatic rings. The fourth-order valence-corrected chi connectivity index (χ4v) is 1.58. The fourth-order valence-electron chi connectivity index (χ4n) is 1.58. The van der Waals surface area contributed by atoms with Crippen LogP contribution in [0.4, 0.5) is 5.69 Å². The molecule has 0 radical (unpaired) electrons. The largest absolute Gasteiger partial charge is 0.390 e. The molecule has 0 aliphatic carbocycles. The van der Waals surface area contributed by atoms with Gasteiger partial charge in [-0.25, -0.2) is 0 Å². The zero-order valence-electron chi connectivity index (χ0n) is 10.4. The van der Waals surface area contributed by atoms with E-state index in [4.69, 9.17) is 0 Å². The average Bonchev–Trinajstić information content (AvgIpc) is 2.26. The van der Waals surface area contributed by atoms with Gasteiger partial charge < -0.3 is 15.3 Å². The zero-order chi connectivity index (χ0) is 12.0. The van der Waals surface area contributed by atoms with Crippen molar-refractivity contribution in [1.29, 1.82) is 0 Å². The van der Waals surface area contributed by atoms with Gasteiger partial charge in [0.2, 0.25) is 0 Å². The molecule has 0 amide bonds. The molecule has 0 saturated heterocycles. The molecule has 3 heteroatoms. The number of rotatable bonds is 6. The molecule has 0 spiro atoms. The molecule has 0 heterocycles. The third-order valence-corrected chi connectivity index (χ3v) is 2.48. The Morgan fingerprint density at radius 3 is 2.38 bits per heavy atom. The van der Waals surface area contributed by atoms with Crippen LogP contribution in [0.25, 0.3) is 0 Å². The third kappa shape index (κ3) is 4.64. The zero-order valence-corrected chi connectivity index (χ0v) is 10.4. The van der Waals surface area contributed by atoms with Crippen LogP contribution in [-0.2, 0) is 6.42 Å². The Morgan fingerprint density at radius 1 is 1.25 bits per heavy atom. The molecule has 90 valence electrons. The first-order valence-electron chi connectivity index (χ1n) is 5.77. The number of hydrogen-bond donors (Lipinski definition) is 2. The number of aryl methyl sites for hydroxylation is 1. The maximum atomic E-state index is 9.68. The van der Waals surface area contributed by atoms with Crippen LogP contribution < -0.4 is 5.32 Å². The van der Waals surface area contributed by atoms with Crippen LogP contribution in [-0.4, -0.2) is 43.3 Å². The molecular formula is C13H22N2O. The first-order chi connectivity index (χ1) is 7.61. The third-order valence-electron chi connectivity index (χ3n) is 2.48. The molecule has 1 aromatic carbocycles. The van der Waals surface area contributed by atoms with Crippen molar-refractivity contribution in [3.63, 3.8) is 0 Å². The lowest BCUT2D eigenvalue weighted by Gasteiger charge is -2.17. The van der Waals surface area contributed by atoms with E-state index >= 15 is 0 Å². The number of aliphatic hydroxyl groups is 1. The van der Waals surface area contributed by atoms with Crippen LogP contribution in [0.3, 0.4) is 0 Å². The van der Waals surface area contributed by atoms with Gasteiger partial charge in [-0.05, 0) is 38.2 Å². The standard InChI is InChI=1S/C13H22N2O/c1-4-11-5-7-12(8-6-11)14-9-13(16)10-15(2)3/h5-8,13-14,16H,4,9-10H2,1-3H3. The SMILES string of the molecule is CCc1ccc(NCC(O)CN(C)C)cc1. The highest BCUT2D eigenvalue weighted by atomic mass is 16.3. The number of nitrogens with zero attached hydrogens (tertiary/aromatic N) is 1. The summed E-state index contributed by atoms with van der Waals surface area (Å²) in [5, 5.41) is 12.9. The Labute approximate surface area is 98.1 Å². The van der Waals surface area contributed by atoms with Crippen molar-refractivity contribution in [3.8, 4) is 0 Å². The molecule has 2 N–H and O–H groups in total. The fraction of sp³-hybridized carbons (Fsp3) is 0.538. The van der Waals surface area contributed by atoms with Gasteiger partial charge in [-0.3, -0.25) is 0 Å². The van der Waals surface area contributed by atoms with Crippen molar-refractivity contribution in [2.45, 2.75) is 19.4 Å². The minimum Gasteiger partial charge on any atom is -0.390 e. The van der Waals surface area contributed by atoms with Crippen LogP contribution in [0, 0.1) is 0 Å². The number of anilines is 1. The minimum absolute atomic E-state index is 0.333. The van der Waals surface area contributed by atoms with Crippen LogP contribution >= 0.6 is 0 Å². The molecule has 1 atom stereocenters. The molecule has 0 saturated carbocycles. The van der Waals surface area contributed by atoms with E-state index in [1.165, 1.54) is 5.56 Å². The van der Waals surface area contributed by atoms with Gasteiger partial charge in [0, 0.05) is 18.8 Å². The molecule has 0 aliphatic rings. The smallest absolute Gasteiger partial charge is 0.0838 e. The summed E-state index contributed by atoms with van der Waals surface area (Å²) in [5.74, 6) is 0. The number of likely N-dealkylation sites (N-methyl/N-ethyl adjacent to an activating group) is 1. The Balaban J connectivity index is 2.36. The average molecular weight is 222 g/mol. The van der Waals surface area contributed by atoms with Crippen LogP contribution in [0.2, 0.25) is 0 Å². The van der Waals surface area contributed by atoms with E-state index in [-0.39, 0.29) is 6.10 Å². The van der Waals surface area contributed by atoms with E-state index in [2.05, 4.69) is 36.5 Å². The number of nitrogens with one attached hydrogen (secondary N) is 1. The molecule has 16 heavy (non-hydrogen) atoms. The van der Waals surface area contributed by atoms with E-state index in [1.54, 1.807) is 0 Å². The van der Waals surface area contributed by atoms with Gasteiger partial charge in [0.05, 0.1) is 6.10 Å². The Hall–Kier alpha value is -1.06. The summed E-state index contributed by atoms with van der Waals surface area (Å²) < 4.78 is 0. The maximum Gasteiger partial charge on any atom is 0.0838 e. The van der Waals surface area contributed by atoms with Gasteiger partial charge >= 0.3 is 0 Å². The highest BCUT2D eigenvalue weighted by molar-refractivity contribution is 5.44. The molecule has 0 bridgehead atoms. The van der Waals surface area contributed by atoms with E-state index in [0.29, 0.717) is 13.1 Å². The predicted molar refractivity (Wildman–Crippen MR) is 68.9 cm³/mol. The second-order valence-corrected chi connectivity index (χ2v) is 4.35. The van der Waals surface area contributed by atoms with Crippen LogP contribution in [0.5, 0.6) is 0 Å². The Kier molecular flexibility index (Phi) is 5.29. The van der Waals surface area contributed by atoms with Gasteiger partial charge in [0.15, 0.2) is 0 Å². The Bertz CT molecular complexity index is 295. The predicted octanol–water partition coefficient (Wildman–Crippen LogP) is 1.58. The monoisotopic (exact) mass is 222 g/mol.